The summed E-state index contributed by atoms with van der Waals surface area (Å²) in [4.78, 5) is 15.7. The van der Waals surface area contributed by atoms with Crippen LogP contribution in [0.25, 0.3) is 0 Å². The number of hydrogen-bond donors (Lipinski definition) is 2. The molecule has 0 aromatic carbocycles. The number of carbonyl (C=O) groups is 1. The zero-order valence-corrected chi connectivity index (χ0v) is 10.9. The highest BCUT2D eigenvalue weighted by Gasteiger charge is 2.07. The third-order valence-electron chi connectivity index (χ3n) is 2.38. The third kappa shape index (κ3) is 4.99. The fourth-order valence-electron chi connectivity index (χ4n) is 1.42. The van der Waals surface area contributed by atoms with Gasteiger partial charge >= 0.3 is 0 Å². The van der Waals surface area contributed by atoms with Gasteiger partial charge in [-0.2, -0.15) is 0 Å². The molecule has 0 saturated heterocycles. The highest BCUT2D eigenvalue weighted by molar-refractivity contribution is 5.75. The summed E-state index contributed by atoms with van der Waals surface area (Å²) in [6, 6.07) is 0. The molecule has 2 N–H and O–H groups in total. The van der Waals surface area contributed by atoms with Gasteiger partial charge in [-0.25, -0.2) is 4.98 Å². The Labute approximate surface area is 103 Å². The minimum Gasteiger partial charge on any atom is -0.354 e. The molecule has 0 fully saturated rings. The molecule has 5 nitrogen and oxygen atoms in total. The molecule has 1 aromatic rings. The minimum atomic E-state index is 0.0365. The molecule has 17 heavy (non-hydrogen) atoms. The normalized spacial score (nSPS) is 10.8. The average Bonchev–Trinajstić information content (AvgIpc) is 2.71. The molecule has 0 bridgehead atoms. The monoisotopic (exact) mass is 238 g/mol. The predicted molar refractivity (Wildman–Crippen MR) is 67.5 cm³/mol. The number of aromatic nitrogens is 2. The van der Waals surface area contributed by atoms with Crippen molar-refractivity contribution >= 4 is 5.91 Å². The second-order valence-electron chi connectivity index (χ2n) is 4.49. The van der Waals surface area contributed by atoms with E-state index in [9.17, 15) is 4.79 Å². The van der Waals surface area contributed by atoms with Crippen LogP contribution in [0.5, 0.6) is 0 Å². The van der Waals surface area contributed by atoms with Crippen LogP contribution in [0.15, 0.2) is 12.5 Å². The van der Waals surface area contributed by atoms with Gasteiger partial charge in [0.05, 0.1) is 12.0 Å². The van der Waals surface area contributed by atoms with Crippen LogP contribution in [0.2, 0.25) is 0 Å². The van der Waals surface area contributed by atoms with Crippen molar-refractivity contribution in [1.29, 1.82) is 0 Å². The Kier molecular flexibility index (Phi) is 5.69. The van der Waals surface area contributed by atoms with Crippen molar-refractivity contribution in [2.45, 2.75) is 33.9 Å². The van der Waals surface area contributed by atoms with Crippen LogP contribution in [-0.4, -0.2) is 28.5 Å². The van der Waals surface area contributed by atoms with Crippen molar-refractivity contribution in [1.82, 2.24) is 20.2 Å². The number of carbonyl (C=O) groups excluding carboxylic acids is 1. The standard InChI is InChI=1S/C12H22N4O/c1-4-13-6-11-7-14-9-16(11)8-12(17)15-5-10(2)3/h7,9-10,13H,4-6,8H2,1-3H3,(H,15,17). The molecule has 0 aliphatic heterocycles. The SMILES string of the molecule is CCNCc1cncn1CC(=O)NCC(C)C. The van der Waals surface area contributed by atoms with Crippen LogP contribution >= 0.6 is 0 Å². The van der Waals surface area contributed by atoms with Crippen molar-refractivity contribution in [2.24, 2.45) is 5.92 Å². The molecule has 0 unspecified atom stereocenters. The van der Waals surface area contributed by atoms with Crippen LogP contribution in [0.4, 0.5) is 0 Å². The van der Waals surface area contributed by atoms with Gasteiger partial charge in [0, 0.05) is 19.3 Å². The lowest BCUT2D eigenvalue weighted by Gasteiger charge is -2.10. The molecule has 0 aliphatic rings. The summed E-state index contributed by atoms with van der Waals surface area (Å²) in [5.41, 5.74) is 1.03. The molecular weight excluding hydrogens is 216 g/mol. The van der Waals surface area contributed by atoms with Crippen LogP contribution in [0.1, 0.15) is 26.5 Å². The summed E-state index contributed by atoms with van der Waals surface area (Å²) in [6.45, 7) is 8.92. The van der Waals surface area contributed by atoms with Gasteiger partial charge in [0.2, 0.25) is 5.91 Å². The Hall–Kier alpha value is -1.36. The van der Waals surface area contributed by atoms with E-state index in [1.165, 1.54) is 0 Å². The Morgan fingerprint density at radius 2 is 2.29 bits per heavy atom. The maximum atomic E-state index is 11.7. The van der Waals surface area contributed by atoms with Crippen LogP contribution in [0, 0.1) is 5.92 Å². The quantitative estimate of drug-likeness (QED) is 0.737. The lowest BCUT2D eigenvalue weighted by atomic mass is 10.2. The highest BCUT2D eigenvalue weighted by atomic mass is 16.1. The molecule has 96 valence electrons. The molecule has 0 spiro atoms. The van der Waals surface area contributed by atoms with Gasteiger partial charge in [0.25, 0.3) is 0 Å². The zero-order valence-electron chi connectivity index (χ0n) is 10.9. The topological polar surface area (TPSA) is 59.0 Å². The fourth-order valence-corrected chi connectivity index (χ4v) is 1.42. The van der Waals surface area contributed by atoms with E-state index >= 15 is 0 Å². The number of imidazole rings is 1. The van der Waals surface area contributed by atoms with E-state index in [4.69, 9.17) is 0 Å². The van der Waals surface area contributed by atoms with Crippen molar-refractivity contribution in [3.8, 4) is 0 Å². The number of nitrogens with one attached hydrogen (secondary N) is 2. The van der Waals surface area contributed by atoms with Gasteiger partial charge in [-0.3, -0.25) is 4.79 Å². The zero-order chi connectivity index (χ0) is 12.7. The van der Waals surface area contributed by atoms with Gasteiger partial charge in [-0.05, 0) is 12.5 Å². The number of rotatable bonds is 7. The number of amides is 1. The van der Waals surface area contributed by atoms with Crippen molar-refractivity contribution in [3.63, 3.8) is 0 Å². The molecule has 0 atom stereocenters. The van der Waals surface area contributed by atoms with E-state index in [1.807, 2.05) is 4.57 Å². The smallest absolute Gasteiger partial charge is 0.239 e. The van der Waals surface area contributed by atoms with E-state index in [-0.39, 0.29) is 5.91 Å². The minimum absolute atomic E-state index is 0.0365. The summed E-state index contributed by atoms with van der Waals surface area (Å²) in [5, 5.41) is 6.12. The third-order valence-corrected chi connectivity index (χ3v) is 2.38. The van der Waals surface area contributed by atoms with E-state index in [1.54, 1.807) is 12.5 Å². The Balaban J connectivity index is 2.44. The van der Waals surface area contributed by atoms with E-state index in [2.05, 4.69) is 36.4 Å². The van der Waals surface area contributed by atoms with Gasteiger partial charge in [0.1, 0.15) is 6.54 Å². The Morgan fingerprint density at radius 1 is 1.53 bits per heavy atom. The number of hydrogen-bond acceptors (Lipinski definition) is 3. The van der Waals surface area contributed by atoms with Gasteiger partial charge in [-0.15, -0.1) is 0 Å². The molecule has 0 saturated carbocycles. The summed E-state index contributed by atoms with van der Waals surface area (Å²) in [6.07, 6.45) is 3.49. The van der Waals surface area contributed by atoms with Crippen molar-refractivity contribution in [2.75, 3.05) is 13.1 Å². The first kappa shape index (κ1) is 13.7. The van der Waals surface area contributed by atoms with Crippen LogP contribution in [-0.2, 0) is 17.9 Å². The molecule has 0 aliphatic carbocycles. The second-order valence-corrected chi connectivity index (χ2v) is 4.49. The summed E-state index contributed by atoms with van der Waals surface area (Å²) in [7, 11) is 0. The van der Waals surface area contributed by atoms with Crippen LogP contribution in [0.3, 0.4) is 0 Å². The Morgan fingerprint density at radius 3 is 2.94 bits per heavy atom. The van der Waals surface area contributed by atoms with Crippen molar-refractivity contribution in [3.05, 3.63) is 18.2 Å². The molecule has 0 radical (unpaired) electrons. The fraction of sp³-hybridized carbons (Fsp3) is 0.667. The van der Waals surface area contributed by atoms with Gasteiger partial charge < -0.3 is 15.2 Å². The summed E-state index contributed by atoms with van der Waals surface area (Å²) < 4.78 is 1.87. The van der Waals surface area contributed by atoms with Gasteiger partial charge in [0.15, 0.2) is 0 Å². The van der Waals surface area contributed by atoms with Crippen LogP contribution < -0.4 is 10.6 Å². The average molecular weight is 238 g/mol. The summed E-state index contributed by atoms with van der Waals surface area (Å²) in [5.74, 6) is 0.511. The van der Waals surface area contributed by atoms with Crippen molar-refractivity contribution < 1.29 is 4.79 Å². The molecular formula is C12H22N4O. The first-order valence-corrected chi connectivity index (χ1v) is 6.10. The van der Waals surface area contributed by atoms with E-state index in [0.29, 0.717) is 12.5 Å². The molecule has 5 heteroatoms. The maximum absolute atomic E-state index is 11.7. The Bertz CT molecular complexity index is 346. The number of nitrogens with zero attached hydrogens (tertiary/aromatic N) is 2. The molecule has 1 rings (SSSR count). The lowest BCUT2D eigenvalue weighted by molar-refractivity contribution is -0.121. The summed E-state index contributed by atoms with van der Waals surface area (Å²) >= 11 is 0. The lowest BCUT2D eigenvalue weighted by Crippen LogP contribution is -2.31. The maximum Gasteiger partial charge on any atom is 0.239 e. The van der Waals surface area contributed by atoms with E-state index in [0.717, 1.165) is 25.3 Å². The second kappa shape index (κ2) is 7.06. The van der Waals surface area contributed by atoms with Gasteiger partial charge in [-0.1, -0.05) is 20.8 Å². The van der Waals surface area contributed by atoms with E-state index < -0.39 is 0 Å². The highest BCUT2D eigenvalue weighted by Crippen LogP contribution is 1.99. The molecule has 1 heterocycles. The molecule has 1 aromatic heterocycles. The first-order valence-electron chi connectivity index (χ1n) is 6.10. The molecule has 1 amide bonds. The first-order chi connectivity index (χ1) is 8.13. The largest absolute Gasteiger partial charge is 0.354 e. The predicted octanol–water partition coefficient (Wildman–Crippen LogP) is 0.765.